The SMILES string of the molecule is CCCNC1CCCN(c2cncnc2)C1. The second kappa shape index (κ2) is 5.80. The van der Waals surface area contributed by atoms with Crippen molar-refractivity contribution >= 4 is 5.69 Å². The van der Waals surface area contributed by atoms with Crippen LogP contribution in [0.2, 0.25) is 0 Å². The highest BCUT2D eigenvalue weighted by molar-refractivity contribution is 5.42. The Kier molecular flexibility index (Phi) is 4.10. The Morgan fingerprint density at radius 2 is 2.25 bits per heavy atom. The third-order valence-electron chi connectivity index (χ3n) is 3.02. The standard InChI is InChI=1S/C12H20N4/c1-2-5-15-11-4-3-6-16(9-11)12-7-13-10-14-8-12/h7-8,10-11,15H,2-6,9H2,1H3. The molecule has 0 aliphatic carbocycles. The molecule has 2 heterocycles. The molecular weight excluding hydrogens is 200 g/mol. The molecule has 1 aliphatic rings. The van der Waals surface area contributed by atoms with E-state index >= 15 is 0 Å². The fourth-order valence-corrected chi connectivity index (χ4v) is 2.18. The average Bonchev–Trinajstić information content (AvgIpc) is 2.38. The van der Waals surface area contributed by atoms with E-state index in [0.717, 1.165) is 25.3 Å². The van der Waals surface area contributed by atoms with Crippen molar-refractivity contribution in [2.24, 2.45) is 0 Å². The second-order valence-electron chi connectivity index (χ2n) is 4.34. The zero-order valence-electron chi connectivity index (χ0n) is 9.89. The summed E-state index contributed by atoms with van der Waals surface area (Å²) in [6.07, 6.45) is 9.11. The molecule has 4 heteroatoms. The smallest absolute Gasteiger partial charge is 0.115 e. The van der Waals surface area contributed by atoms with E-state index in [1.54, 1.807) is 6.33 Å². The lowest BCUT2D eigenvalue weighted by atomic mass is 10.1. The van der Waals surface area contributed by atoms with Crippen LogP contribution in [0.5, 0.6) is 0 Å². The molecule has 0 amide bonds. The van der Waals surface area contributed by atoms with E-state index in [1.165, 1.54) is 19.3 Å². The van der Waals surface area contributed by atoms with Crippen LogP contribution in [0.15, 0.2) is 18.7 Å². The van der Waals surface area contributed by atoms with Gasteiger partial charge in [0.2, 0.25) is 0 Å². The summed E-state index contributed by atoms with van der Waals surface area (Å²) in [6.45, 7) is 5.52. The van der Waals surface area contributed by atoms with Gasteiger partial charge in [-0.15, -0.1) is 0 Å². The molecule has 16 heavy (non-hydrogen) atoms. The maximum atomic E-state index is 4.07. The van der Waals surface area contributed by atoms with Gasteiger partial charge in [-0.3, -0.25) is 0 Å². The summed E-state index contributed by atoms with van der Waals surface area (Å²) in [5.41, 5.74) is 1.14. The van der Waals surface area contributed by atoms with Gasteiger partial charge < -0.3 is 10.2 Å². The van der Waals surface area contributed by atoms with Gasteiger partial charge in [0, 0.05) is 19.1 Å². The third kappa shape index (κ3) is 2.92. The van der Waals surface area contributed by atoms with Gasteiger partial charge in [-0.05, 0) is 25.8 Å². The van der Waals surface area contributed by atoms with Gasteiger partial charge in [0.15, 0.2) is 0 Å². The van der Waals surface area contributed by atoms with E-state index in [1.807, 2.05) is 12.4 Å². The molecule has 1 fully saturated rings. The number of aromatic nitrogens is 2. The summed E-state index contributed by atoms with van der Waals surface area (Å²) in [5.74, 6) is 0. The van der Waals surface area contributed by atoms with Crippen molar-refractivity contribution in [2.45, 2.75) is 32.2 Å². The Labute approximate surface area is 97.1 Å². The van der Waals surface area contributed by atoms with Crippen molar-refractivity contribution in [3.63, 3.8) is 0 Å². The van der Waals surface area contributed by atoms with Crippen molar-refractivity contribution < 1.29 is 0 Å². The highest BCUT2D eigenvalue weighted by Crippen LogP contribution is 2.17. The lowest BCUT2D eigenvalue weighted by molar-refractivity contribution is 0.423. The summed E-state index contributed by atoms with van der Waals surface area (Å²) >= 11 is 0. The molecule has 0 aromatic carbocycles. The molecule has 0 radical (unpaired) electrons. The molecule has 1 aromatic heterocycles. The van der Waals surface area contributed by atoms with E-state index < -0.39 is 0 Å². The van der Waals surface area contributed by atoms with Crippen LogP contribution in [-0.2, 0) is 0 Å². The monoisotopic (exact) mass is 220 g/mol. The molecule has 1 aliphatic heterocycles. The number of nitrogens with zero attached hydrogens (tertiary/aromatic N) is 3. The second-order valence-corrected chi connectivity index (χ2v) is 4.34. The Balaban J connectivity index is 1.91. The van der Waals surface area contributed by atoms with Crippen molar-refractivity contribution in [1.29, 1.82) is 0 Å². The molecule has 0 bridgehead atoms. The van der Waals surface area contributed by atoms with Crippen LogP contribution in [0.3, 0.4) is 0 Å². The zero-order valence-corrected chi connectivity index (χ0v) is 9.89. The lowest BCUT2D eigenvalue weighted by Crippen LogP contribution is -2.46. The normalized spacial score (nSPS) is 21.1. The maximum absolute atomic E-state index is 4.07. The van der Waals surface area contributed by atoms with Crippen LogP contribution in [0, 0.1) is 0 Å². The van der Waals surface area contributed by atoms with Gasteiger partial charge in [-0.1, -0.05) is 6.92 Å². The van der Waals surface area contributed by atoms with Crippen molar-refractivity contribution in [1.82, 2.24) is 15.3 Å². The van der Waals surface area contributed by atoms with E-state index in [9.17, 15) is 0 Å². The topological polar surface area (TPSA) is 41.0 Å². The van der Waals surface area contributed by atoms with Crippen LogP contribution in [0.1, 0.15) is 26.2 Å². The van der Waals surface area contributed by atoms with Crippen LogP contribution < -0.4 is 10.2 Å². The van der Waals surface area contributed by atoms with E-state index in [4.69, 9.17) is 0 Å². The fourth-order valence-electron chi connectivity index (χ4n) is 2.18. The highest BCUT2D eigenvalue weighted by atomic mass is 15.2. The quantitative estimate of drug-likeness (QED) is 0.833. The Morgan fingerprint density at radius 1 is 1.44 bits per heavy atom. The van der Waals surface area contributed by atoms with Crippen LogP contribution >= 0.6 is 0 Å². The van der Waals surface area contributed by atoms with Crippen LogP contribution in [0.4, 0.5) is 5.69 Å². The third-order valence-corrected chi connectivity index (χ3v) is 3.02. The molecule has 1 N–H and O–H groups in total. The molecule has 4 nitrogen and oxygen atoms in total. The van der Waals surface area contributed by atoms with Crippen molar-refractivity contribution in [2.75, 3.05) is 24.5 Å². The number of nitrogens with one attached hydrogen (secondary N) is 1. The maximum Gasteiger partial charge on any atom is 0.115 e. The van der Waals surface area contributed by atoms with E-state index in [-0.39, 0.29) is 0 Å². The van der Waals surface area contributed by atoms with Crippen LogP contribution in [-0.4, -0.2) is 35.6 Å². The number of anilines is 1. The first-order valence-corrected chi connectivity index (χ1v) is 6.13. The largest absolute Gasteiger partial charge is 0.367 e. The first-order chi connectivity index (χ1) is 7.90. The minimum absolute atomic E-state index is 0.619. The summed E-state index contributed by atoms with van der Waals surface area (Å²) in [7, 11) is 0. The summed E-state index contributed by atoms with van der Waals surface area (Å²) in [5, 5.41) is 3.59. The van der Waals surface area contributed by atoms with Crippen molar-refractivity contribution in [3.8, 4) is 0 Å². The van der Waals surface area contributed by atoms with Gasteiger partial charge in [-0.2, -0.15) is 0 Å². The van der Waals surface area contributed by atoms with Gasteiger partial charge in [0.25, 0.3) is 0 Å². The summed E-state index contributed by atoms with van der Waals surface area (Å²) < 4.78 is 0. The molecule has 1 atom stereocenters. The first kappa shape index (κ1) is 11.3. The molecule has 2 rings (SSSR count). The Bertz CT molecular complexity index is 301. The minimum atomic E-state index is 0.619. The molecule has 1 aromatic rings. The van der Waals surface area contributed by atoms with Crippen LogP contribution in [0.25, 0.3) is 0 Å². The van der Waals surface area contributed by atoms with Gasteiger partial charge >= 0.3 is 0 Å². The number of hydrogen-bond donors (Lipinski definition) is 1. The average molecular weight is 220 g/mol. The number of rotatable bonds is 4. The summed E-state index contributed by atoms with van der Waals surface area (Å²) in [4.78, 5) is 10.5. The molecular formula is C12H20N4. The Hall–Kier alpha value is -1.16. The Morgan fingerprint density at radius 3 is 3.00 bits per heavy atom. The molecule has 0 saturated carbocycles. The molecule has 0 spiro atoms. The number of hydrogen-bond acceptors (Lipinski definition) is 4. The first-order valence-electron chi connectivity index (χ1n) is 6.13. The predicted octanol–water partition coefficient (Wildman–Crippen LogP) is 1.45. The van der Waals surface area contributed by atoms with Gasteiger partial charge in [-0.25, -0.2) is 9.97 Å². The highest BCUT2D eigenvalue weighted by Gasteiger charge is 2.19. The van der Waals surface area contributed by atoms with Gasteiger partial charge in [0.1, 0.15) is 6.33 Å². The number of piperidine rings is 1. The fraction of sp³-hybridized carbons (Fsp3) is 0.667. The van der Waals surface area contributed by atoms with E-state index in [0.29, 0.717) is 6.04 Å². The zero-order chi connectivity index (χ0) is 11.2. The lowest BCUT2D eigenvalue weighted by Gasteiger charge is -2.34. The van der Waals surface area contributed by atoms with E-state index in [2.05, 4.69) is 27.1 Å². The molecule has 1 saturated heterocycles. The summed E-state index contributed by atoms with van der Waals surface area (Å²) in [6, 6.07) is 0.619. The van der Waals surface area contributed by atoms with Gasteiger partial charge in [0.05, 0.1) is 18.1 Å². The molecule has 88 valence electrons. The van der Waals surface area contributed by atoms with Crippen molar-refractivity contribution in [3.05, 3.63) is 18.7 Å². The molecule has 1 unspecified atom stereocenters. The predicted molar refractivity (Wildman–Crippen MR) is 65.6 cm³/mol. The minimum Gasteiger partial charge on any atom is -0.367 e.